The van der Waals surface area contributed by atoms with E-state index >= 15 is 0 Å². The van der Waals surface area contributed by atoms with Crippen LogP contribution in [0.25, 0.3) is 0 Å². The van der Waals surface area contributed by atoms with Gasteiger partial charge in [-0.15, -0.1) is 0 Å². The van der Waals surface area contributed by atoms with E-state index < -0.39 is 31.0 Å². The Kier molecular flexibility index (Phi) is 7.62. The standard InChI is InChI=1S/C4H2F6O.C2H2F2/c5-2(6)3(7)11-1-4(8,9)10;1-2(3)4/h1H2;1H2. The fourth-order valence-electron chi connectivity index (χ4n) is 0.200. The molecule has 9 heteroatoms. The first-order chi connectivity index (χ1) is 6.56. The van der Waals surface area contributed by atoms with Crippen LogP contribution in [0, 0.1) is 0 Å². The Balaban J connectivity index is 0. The van der Waals surface area contributed by atoms with Crippen LogP contribution in [-0.4, -0.2) is 12.8 Å². The van der Waals surface area contributed by atoms with E-state index in [1.54, 1.807) is 0 Å². The second kappa shape index (κ2) is 7.07. The lowest BCUT2D eigenvalue weighted by atomic mass is 10.7. The Bertz CT molecular complexity index is 222. The van der Waals surface area contributed by atoms with Crippen molar-refractivity contribution in [2.75, 3.05) is 6.61 Å². The molecule has 0 N–H and O–H groups in total. The highest BCUT2D eigenvalue weighted by Crippen LogP contribution is 2.18. The van der Waals surface area contributed by atoms with Crippen LogP contribution in [0.3, 0.4) is 0 Å². The maximum Gasteiger partial charge on any atom is 0.422 e. The van der Waals surface area contributed by atoms with Gasteiger partial charge in [0.05, 0.1) is 0 Å². The van der Waals surface area contributed by atoms with Crippen LogP contribution < -0.4 is 0 Å². The first kappa shape index (κ1) is 16.2. The van der Waals surface area contributed by atoms with Crippen LogP contribution in [0.5, 0.6) is 0 Å². The summed E-state index contributed by atoms with van der Waals surface area (Å²) in [5, 5.41) is 0. The van der Waals surface area contributed by atoms with Gasteiger partial charge in [0.25, 0.3) is 6.08 Å². The molecule has 0 saturated carbocycles. The molecule has 0 heterocycles. The predicted octanol–water partition coefficient (Wildman–Crippen LogP) is 4.00. The number of hydrogen-bond donors (Lipinski definition) is 0. The molecule has 0 aromatic rings. The molecule has 0 radical (unpaired) electrons. The van der Waals surface area contributed by atoms with Gasteiger partial charge in [-0.25, -0.2) is 0 Å². The molecule has 0 aromatic carbocycles. The van der Waals surface area contributed by atoms with E-state index in [1.165, 1.54) is 0 Å². The van der Waals surface area contributed by atoms with Crippen molar-refractivity contribution >= 4 is 0 Å². The summed E-state index contributed by atoms with van der Waals surface area (Å²) in [4.78, 5) is 0. The monoisotopic (exact) mass is 244 g/mol. The van der Waals surface area contributed by atoms with Crippen LogP contribution in [-0.2, 0) is 4.74 Å². The van der Waals surface area contributed by atoms with Gasteiger partial charge in [-0.05, 0) is 6.58 Å². The number of alkyl halides is 3. The summed E-state index contributed by atoms with van der Waals surface area (Å²) >= 11 is 0. The van der Waals surface area contributed by atoms with Gasteiger partial charge in [0.15, 0.2) is 6.61 Å². The average Bonchev–Trinajstić information content (AvgIpc) is 1.97. The Morgan fingerprint density at radius 1 is 1.00 bits per heavy atom. The lowest BCUT2D eigenvalue weighted by Gasteiger charge is -2.05. The Hall–Kier alpha value is -1.28. The van der Waals surface area contributed by atoms with Crippen molar-refractivity contribution < 1.29 is 39.9 Å². The van der Waals surface area contributed by atoms with Crippen molar-refractivity contribution in [1.29, 1.82) is 0 Å². The molecule has 15 heavy (non-hydrogen) atoms. The number of hydrogen-bond acceptors (Lipinski definition) is 1. The van der Waals surface area contributed by atoms with E-state index in [2.05, 4.69) is 11.3 Å². The number of rotatable bonds is 2. The predicted molar refractivity (Wildman–Crippen MR) is 33.7 cm³/mol. The quantitative estimate of drug-likeness (QED) is 0.527. The van der Waals surface area contributed by atoms with Gasteiger partial charge in [-0.2, -0.15) is 35.1 Å². The van der Waals surface area contributed by atoms with Crippen LogP contribution in [0.2, 0.25) is 0 Å². The third kappa shape index (κ3) is 19.2. The summed E-state index contributed by atoms with van der Waals surface area (Å²) in [5.74, 6) is 0. The van der Waals surface area contributed by atoms with E-state index in [4.69, 9.17) is 0 Å². The zero-order valence-electron chi connectivity index (χ0n) is 6.85. The Labute approximate surface area is 78.6 Å². The third-order valence-corrected chi connectivity index (χ3v) is 0.511. The molecule has 0 aliphatic heterocycles. The maximum atomic E-state index is 11.5. The molecule has 90 valence electrons. The van der Waals surface area contributed by atoms with Crippen molar-refractivity contribution in [3.05, 3.63) is 24.8 Å². The maximum absolute atomic E-state index is 11.5. The number of ether oxygens (including phenoxy) is 1. The van der Waals surface area contributed by atoms with Crippen molar-refractivity contribution in [2.45, 2.75) is 6.18 Å². The molecule has 0 bridgehead atoms. The molecular weight excluding hydrogens is 240 g/mol. The van der Waals surface area contributed by atoms with Crippen molar-refractivity contribution in [1.82, 2.24) is 0 Å². The minimum Gasteiger partial charge on any atom is -0.457 e. The molecule has 0 unspecified atom stereocenters. The molecule has 0 rings (SSSR count). The van der Waals surface area contributed by atoms with Gasteiger partial charge in [0.2, 0.25) is 0 Å². The van der Waals surface area contributed by atoms with Crippen molar-refractivity contribution in [2.24, 2.45) is 0 Å². The molecule has 0 atom stereocenters. The smallest absolute Gasteiger partial charge is 0.422 e. The minimum absolute atomic E-state index is 1.83. The third-order valence-electron chi connectivity index (χ3n) is 0.511. The summed E-state index contributed by atoms with van der Waals surface area (Å²) in [5.41, 5.74) is 0. The van der Waals surface area contributed by atoms with Gasteiger partial charge < -0.3 is 4.74 Å². The molecular formula is C6H4F8O. The molecule has 1 nitrogen and oxygen atoms in total. The highest BCUT2D eigenvalue weighted by molar-refractivity contribution is 4.80. The van der Waals surface area contributed by atoms with Gasteiger partial charge in [0.1, 0.15) is 0 Å². The Morgan fingerprint density at radius 3 is 1.53 bits per heavy atom. The molecule has 0 saturated heterocycles. The molecule has 0 fully saturated rings. The topological polar surface area (TPSA) is 9.23 Å². The largest absolute Gasteiger partial charge is 0.457 e. The minimum atomic E-state index is -4.81. The molecule has 0 aliphatic carbocycles. The zero-order chi connectivity index (χ0) is 12.6. The van der Waals surface area contributed by atoms with Crippen LogP contribution in [0.15, 0.2) is 24.8 Å². The average molecular weight is 244 g/mol. The van der Waals surface area contributed by atoms with Crippen molar-refractivity contribution in [3.8, 4) is 0 Å². The Morgan fingerprint density at radius 2 is 1.33 bits per heavy atom. The van der Waals surface area contributed by atoms with Crippen LogP contribution >= 0.6 is 0 Å². The summed E-state index contributed by atoms with van der Waals surface area (Å²) in [6.07, 6.45) is -9.55. The summed E-state index contributed by atoms with van der Waals surface area (Å²) in [6.45, 7) is 0.163. The van der Waals surface area contributed by atoms with Gasteiger partial charge in [0, 0.05) is 0 Å². The van der Waals surface area contributed by atoms with Gasteiger partial charge in [-0.1, -0.05) is 0 Å². The first-order valence-electron chi connectivity index (χ1n) is 2.96. The lowest BCUT2D eigenvalue weighted by molar-refractivity contribution is -0.170. The second-order valence-electron chi connectivity index (χ2n) is 1.78. The van der Waals surface area contributed by atoms with Crippen LogP contribution in [0.4, 0.5) is 35.1 Å². The zero-order valence-corrected chi connectivity index (χ0v) is 6.85. The van der Waals surface area contributed by atoms with Gasteiger partial charge >= 0.3 is 18.3 Å². The number of halogens is 8. The summed E-state index contributed by atoms with van der Waals surface area (Å²) < 4.78 is 90.1. The molecule has 0 aromatic heterocycles. The highest BCUT2D eigenvalue weighted by Gasteiger charge is 2.29. The van der Waals surface area contributed by atoms with Gasteiger partial charge in [-0.3, -0.25) is 0 Å². The lowest BCUT2D eigenvalue weighted by Crippen LogP contribution is -2.16. The van der Waals surface area contributed by atoms with Crippen LogP contribution in [0.1, 0.15) is 0 Å². The highest BCUT2D eigenvalue weighted by atomic mass is 19.4. The fraction of sp³-hybridized carbons (Fsp3) is 0.333. The normalized spacial score (nSPS) is 9.87. The first-order valence-corrected chi connectivity index (χ1v) is 2.96. The molecule has 0 spiro atoms. The van der Waals surface area contributed by atoms with E-state index in [-0.39, 0.29) is 0 Å². The fourth-order valence-corrected chi connectivity index (χ4v) is 0.200. The van der Waals surface area contributed by atoms with Crippen molar-refractivity contribution in [3.63, 3.8) is 0 Å². The van der Waals surface area contributed by atoms with E-state index in [0.717, 1.165) is 0 Å². The molecule has 0 amide bonds. The summed E-state index contributed by atoms with van der Waals surface area (Å²) in [6, 6.07) is -2.50. The second-order valence-corrected chi connectivity index (χ2v) is 1.78. The van der Waals surface area contributed by atoms with E-state index in [0.29, 0.717) is 0 Å². The summed E-state index contributed by atoms with van der Waals surface area (Å²) in [7, 11) is 0. The molecule has 0 aliphatic rings. The SMILES string of the molecule is C=C(F)F.FC(F)=C(F)OCC(F)(F)F. The van der Waals surface area contributed by atoms with E-state index in [9.17, 15) is 35.1 Å². The van der Waals surface area contributed by atoms with E-state index in [1.807, 2.05) is 0 Å².